The molecule has 7 heteroatoms. The summed E-state index contributed by atoms with van der Waals surface area (Å²) in [5.74, 6) is -0.849. The maximum atomic E-state index is 14.3. The van der Waals surface area contributed by atoms with Gasteiger partial charge in [0.1, 0.15) is 23.1 Å². The zero-order valence-corrected chi connectivity index (χ0v) is 13.6. The van der Waals surface area contributed by atoms with Gasteiger partial charge in [-0.15, -0.1) is 11.5 Å². The van der Waals surface area contributed by atoms with Crippen molar-refractivity contribution in [3.05, 3.63) is 64.5 Å². The molecule has 2 heterocycles. The lowest BCUT2D eigenvalue weighted by Crippen LogP contribution is -2.01. The lowest BCUT2D eigenvalue weighted by atomic mass is 9.95. The summed E-state index contributed by atoms with van der Waals surface area (Å²) in [6.07, 6.45) is 6.72. The summed E-state index contributed by atoms with van der Waals surface area (Å²) in [6, 6.07) is 4.36. The molecule has 0 unspecified atom stereocenters. The first-order chi connectivity index (χ1) is 11.9. The van der Waals surface area contributed by atoms with E-state index in [1.807, 2.05) is 0 Å². The van der Waals surface area contributed by atoms with Gasteiger partial charge in [-0.25, -0.2) is 18.2 Å². The quantitative estimate of drug-likeness (QED) is 0.629. The molecule has 0 saturated carbocycles. The molecule has 0 amide bonds. The zero-order valence-electron chi connectivity index (χ0n) is 12.8. The number of halogens is 4. The highest BCUT2D eigenvalue weighted by Crippen LogP contribution is 2.40. The number of aromatic nitrogens is 3. The average molecular weight is 360 g/mol. The molecule has 1 aromatic carbocycles. The van der Waals surface area contributed by atoms with Gasteiger partial charge in [0.2, 0.25) is 0 Å². The van der Waals surface area contributed by atoms with Crippen molar-refractivity contribution in [3.63, 3.8) is 0 Å². The lowest BCUT2D eigenvalue weighted by molar-refractivity contribution is 0.548. The molecular formula is C18H9ClF3N3. The van der Waals surface area contributed by atoms with Gasteiger partial charge in [0.05, 0.1) is 11.3 Å². The Bertz CT molecular complexity index is 988. The van der Waals surface area contributed by atoms with Gasteiger partial charge in [-0.1, -0.05) is 17.5 Å². The molecule has 0 spiro atoms. The van der Waals surface area contributed by atoms with Crippen LogP contribution in [0.4, 0.5) is 13.2 Å². The molecule has 0 aliphatic carbocycles. The predicted molar refractivity (Wildman–Crippen MR) is 88.3 cm³/mol. The third-order valence-corrected chi connectivity index (χ3v) is 3.83. The number of aryl methyl sites for hydroxylation is 1. The first-order valence-corrected chi connectivity index (χ1v) is 7.41. The average Bonchev–Trinajstić information content (AvgIpc) is 2.57. The summed E-state index contributed by atoms with van der Waals surface area (Å²) in [6.45, 7) is 1.61. The predicted octanol–water partition coefficient (Wildman–Crippen LogP) is 4.57. The molecule has 2 aromatic heterocycles. The summed E-state index contributed by atoms with van der Waals surface area (Å²) in [4.78, 5) is 4.06. The Morgan fingerprint density at radius 2 is 1.68 bits per heavy atom. The van der Waals surface area contributed by atoms with E-state index in [-0.39, 0.29) is 10.7 Å². The van der Waals surface area contributed by atoms with Crippen molar-refractivity contribution >= 4 is 11.6 Å². The van der Waals surface area contributed by atoms with Crippen molar-refractivity contribution in [2.75, 3.05) is 0 Å². The molecule has 0 aliphatic rings. The van der Waals surface area contributed by atoms with E-state index < -0.39 is 23.0 Å². The Morgan fingerprint density at radius 1 is 1.00 bits per heavy atom. The second kappa shape index (κ2) is 6.54. The highest BCUT2D eigenvalue weighted by atomic mass is 35.5. The van der Waals surface area contributed by atoms with Crippen LogP contribution in [0.2, 0.25) is 5.15 Å². The Balaban J connectivity index is 2.35. The summed E-state index contributed by atoms with van der Waals surface area (Å²) < 4.78 is 41.8. The van der Waals surface area contributed by atoms with Crippen LogP contribution in [0.3, 0.4) is 0 Å². The van der Waals surface area contributed by atoms with E-state index in [1.165, 1.54) is 6.20 Å². The van der Waals surface area contributed by atoms with E-state index >= 15 is 0 Å². The molecule has 0 saturated heterocycles. The lowest BCUT2D eigenvalue weighted by Gasteiger charge is -2.14. The van der Waals surface area contributed by atoms with Gasteiger partial charge in [0.25, 0.3) is 0 Å². The van der Waals surface area contributed by atoms with Gasteiger partial charge in [0.15, 0.2) is 5.15 Å². The van der Waals surface area contributed by atoms with Crippen LogP contribution in [-0.2, 0) is 0 Å². The maximum absolute atomic E-state index is 14.3. The van der Waals surface area contributed by atoms with Crippen LogP contribution in [0.5, 0.6) is 0 Å². The molecule has 0 aliphatic heterocycles. The summed E-state index contributed by atoms with van der Waals surface area (Å²) in [7, 11) is 0. The van der Waals surface area contributed by atoms with E-state index in [4.69, 9.17) is 18.0 Å². The number of hydrogen-bond donors (Lipinski definition) is 0. The number of pyridine rings is 1. The number of benzene rings is 1. The van der Waals surface area contributed by atoms with Crippen LogP contribution in [0.15, 0.2) is 30.5 Å². The topological polar surface area (TPSA) is 38.7 Å². The van der Waals surface area contributed by atoms with E-state index in [9.17, 15) is 13.2 Å². The Kier molecular flexibility index (Phi) is 4.43. The zero-order chi connectivity index (χ0) is 18.1. The van der Waals surface area contributed by atoms with Gasteiger partial charge in [-0.2, -0.15) is 5.10 Å². The molecule has 0 fully saturated rings. The largest absolute Gasteiger partial charge is 0.247 e. The smallest absolute Gasteiger partial charge is 0.160 e. The van der Waals surface area contributed by atoms with E-state index in [2.05, 4.69) is 21.1 Å². The van der Waals surface area contributed by atoms with Crippen molar-refractivity contribution in [2.45, 2.75) is 6.92 Å². The fraction of sp³-hybridized carbons (Fsp3) is 0.0556. The van der Waals surface area contributed by atoms with Gasteiger partial charge < -0.3 is 0 Å². The first kappa shape index (κ1) is 16.9. The highest BCUT2D eigenvalue weighted by Gasteiger charge is 2.23. The molecule has 0 atom stereocenters. The maximum Gasteiger partial charge on any atom is 0.160 e. The minimum atomic E-state index is -1.10. The van der Waals surface area contributed by atoms with Gasteiger partial charge in [-0.05, 0) is 19.1 Å². The Morgan fingerprint density at radius 3 is 2.24 bits per heavy atom. The standard InChI is InChI=1S/C18H9ClF3N3/c1-3-12-5-4-10(8-23-12)15-9(2)24-25-18(19)17(15)16-13(21)6-11(20)7-14(16)22/h1,4-8H,2H3. The third kappa shape index (κ3) is 3.06. The molecule has 25 heavy (non-hydrogen) atoms. The Labute approximate surface area is 146 Å². The molecule has 0 bridgehead atoms. The van der Waals surface area contributed by atoms with E-state index in [0.717, 1.165) is 0 Å². The fourth-order valence-corrected chi connectivity index (χ4v) is 2.72. The Hall–Kier alpha value is -2.91. The summed E-state index contributed by atoms with van der Waals surface area (Å²) in [5.41, 5.74) is 1.08. The van der Waals surface area contributed by atoms with Crippen LogP contribution in [0, 0.1) is 36.7 Å². The molecule has 3 aromatic rings. The van der Waals surface area contributed by atoms with Gasteiger partial charge >= 0.3 is 0 Å². The number of terminal acetylenes is 1. The fourth-order valence-electron chi connectivity index (χ4n) is 2.49. The minimum Gasteiger partial charge on any atom is -0.247 e. The third-order valence-electron chi connectivity index (χ3n) is 3.56. The molecule has 0 radical (unpaired) electrons. The van der Waals surface area contributed by atoms with Crippen molar-refractivity contribution in [2.24, 2.45) is 0 Å². The second-order valence-electron chi connectivity index (χ2n) is 5.15. The van der Waals surface area contributed by atoms with Crippen LogP contribution >= 0.6 is 11.6 Å². The van der Waals surface area contributed by atoms with Gasteiger partial charge in [-0.3, -0.25) is 0 Å². The summed E-state index contributed by atoms with van der Waals surface area (Å²) >= 11 is 6.07. The number of rotatable bonds is 2. The normalized spacial score (nSPS) is 10.6. The van der Waals surface area contributed by atoms with E-state index in [0.29, 0.717) is 34.6 Å². The van der Waals surface area contributed by atoms with Crippen molar-refractivity contribution in [1.82, 2.24) is 15.2 Å². The molecule has 124 valence electrons. The van der Waals surface area contributed by atoms with E-state index in [1.54, 1.807) is 19.1 Å². The number of hydrogen-bond acceptors (Lipinski definition) is 3. The molecule has 3 nitrogen and oxygen atoms in total. The van der Waals surface area contributed by atoms with Crippen LogP contribution in [0.1, 0.15) is 11.4 Å². The monoisotopic (exact) mass is 359 g/mol. The van der Waals surface area contributed by atoms with Crippen molar-refractivity contribution in [1.29, 1.82) is 0 Å². The minimum absolute atomic E-state index is 0.0283. The van der Waals surface area contributed by atoms with Crippen LogP contribution < -0.4 is 0 Å². The highest BCUT2D eigenvalue weighted by molar-refractivity contribution is 6.32. The van der Waals surface area contributed by atoms with Crippen LogP contribution in [-0.4, -0.2) is 15.2 Å². The molecule has 3 rings (SSSR count). The molecular weight excluding hydrogens is 351 g/mol. The summed E-state index contributed by atoms with van der Waals surface area (Å²) in [5, 5.41) is 7.39. The number of nitrogens with zero attached hydrogens (tertiary/aromatic N) is 3. The SMILES string of the molecule is C#Cc1ccc(-c2c(C)nnc(Cl)c2-c2c(F)cc(F)cc2F)cn1. The van der Waals surface area contributed by atoms with Crippen molar-refractivity contribution in [3.8, 4) is 34.6 Å². The first-order valence-electron chi connectivity index (χ1n) is 7.03. The second-order valence-corrected chi connectivity index (χ2v) is 5.51. The van der Waals surface area contributed by atoms with Gasteiger partial charge in [0, 0.05) is 35.0 Å². The van der Waals surface area contributed by atoms with Crippen LogP contribution in [0.25, 0.3) is 22.3 Å². The van der Waals surface area contributed by atoms with Crippen molar-refractivity contribution < 1.29 is 13.2 Å². The molecule has 0 N–H and O–H groups in total.